The van der Waals surface area contributed by atoms with Gasteiger partial charge in [-0.3, -0.25) is 11.3 Å². The van der Waals surface area contributed by atoms with Crippen molar-refractivity contribution in [2.45, 2.75) is 33.7 Å². The topological polar surface area (TPSA) is 38.0 Å². The van der Waals surface area contributed by atoms with Gasteiger partial charge < -0.3 is 0 Å². The quantitative estimate of drug-likeness (QED) is 0.660. The van der Waals surface area contributed by atoms with Gasteiger partial charge in [0.1, 0.15) is 0 Å². The van der Waals surface area contributed by atoms with Crippen molar-refractivity contribution < 1.29 is 0 Å². The zero-order chi connectivity index (χ0) is 12.1. The summed E-state index contributed by atoms with van der Waals surface area (Å²) in [6.45, 7) is 9.29. The van der Waals surface area contributed by atoms with E-state index in [0.717, 1.165) is 0 Å². The van der Waals surface area contributed by atoms with Gasteiger partial charge in [0.2, 0.25) is 0 Å². The summed E-state index contributed by atoms with van der Waals surface area (Å²) in [5.41, 5.74) is 4.96. The minimum absolute atomic E-state index is 0.241. The van der Waals surface area contributed by atoms with Crippen LogP contribution in [-0.4, -0.2) is 0 Å². The zero-order valence-electron chi connectivity index (χ0n) is 10.2. The molecule has 0 radical (unpaired) electrons. The molecule has 1 unspecified atom stereocenters. The molecule has 4 heteroatoms. The Kier molecular flexibility index (Phi) is 2.98. The van der Waals surface area contributed by atoms with E-state index in [1.54, 1.807) is 11.3 Å². The summed E-state index contributed by atoms with van der Waals surface area (Å²) < 4.78 is 1.17. The molecule has 2 rings (SSSR count). The smallest absolute Gasteiger partial charge is 0.0518 e. The average molecular weight is 303 g/mol. The average Bonchev–Trinajstić information content (AvgIpc) is 2.54. The molecule has 16 heavy (non-hydrogen) atoms. The second kappa shape index (κ2) is 3.80. The molecule has 0 aliphatic heterocycles. The van der Waals surface area contributed by atoms with Crippen LogP contribution >= 0.6 is 27.3 Å². The third-order valence-corrected chi connectivity index (χ3v) is 6.37. The molecule has 1 aromatic rings. The minimum Gasteiger partial charge on any atom is -0.271 e. The molecular weight excluding hydrogens is 284 g/mol. The highest BCUT2D eigenvalue weighted by molar-refractivity contribution is 9.10. The Morgan fingerprint density at radius 3 is 2.19 bits per heavy atom. The van der Waals surface area contributed by atoms with Crippen LogP contribution in [0.5, 0.6) is 0 Å². The Hall–Kier alpha value is 0.100. The van der Waals surface area contributed by atoms with Crippen molar-refractivity contribution >= 4 is 27.3 Å². The molecule has 0 spiro atoms. The molecule has 2 nitrogen and oxygen atoms in total. The summed E-state index contributed by atoms with van der Waals surface area (Å²) >= 11 is 5.31. The third-order valence-electron chi connectivity index (χ3n) is 4.62. The van der Waals surface area contributed by atoms with Crippen LogP contribution in [0, 0.1) is 16.7 Å². The summed E-state index contributed by atoms with van der Waals surface area (Å²) in [4.78, 5) is 0. The van der Waals surface area contributed by atoms with Crippen LogP contribution in [0.25, 0.3) is 0 Å². The van der Waals surface area contributed by atoms with Crippen molar-refractivity contribution in [2.75, 3.05) is 0 Å². The molecule has 1 aliphatic rings. The van der Waals surface area contributed by atoms with E-state index in [1.807, 2.05) is 0 Å². The van der Waals surface area contributed by atoms with Crippen LogP contribution in [0.1, 0.15) is 39.3 Å². The summed E-state index contributed by atoms with van der Waals surface area (Å²) in [7, 11) is 0. The lowest BCUT2D eigenvalue weighted by molar-refractivity contribution is 0.417. The molecule has 1 fully saturated rings. The monoisotopic (exact) mass is 302 g/mol. The number of halogens is 1. The van der Waals surface area contributed by atoms with Crippen LogP contribution in [0.3, 0.4) is 0 Å². The molecule has 0 aromatic carbocycles. The van der Waals surface area contributed by atoms with Gasteiger partial charge in [-0.15, -0.1) is 0 Å². The van der Waals surface area contributed by atoms with Gasteiger partial charge in [-0.05, 0) is 43.6 Å². The maximum atomic E-state index is 5.75. The minimum atomic E-state index is 0.241. The third kappa shape index (κ3) is 1.58. The van der Waals surface area contributed by atoms with E-state index in [4.69, 9.17) is 5.84 Å². The van der Waals surface area contributed by atoms with Crippen LogP contribution in [0.4, 0.5) is 0 Å². The van der Waals surface area contributed by atoms with Gasteiger partial charge in [0, 0.05) is 9.85 Å². The highest BCUT2D eigenvalue weighted by Gasteiger charge is 2.67. The lowest BCUT2D eigenvalue weighted by Gasteiger charge is -2.18. The number of thiophene rings is 1. The normalized spacial score (nSPS) is 24.4. The molecule has 1 saturated carbocycles. The summed E-state index contributed by atoms with van der Waals surface area (Å²) in [5, 5.41) is 4.29. The molecule has 1 atom stereocenters. The molecule has 1 heterocycles. The summed E-state index contributed by atoms with van der Waals surface area (Å²) in [5.74, 6) is 6.33. The van der Waals surface area contributed by atoms with Crippen molar-refractivity contribution in [3.63, 3.8) is 0 Å². The predicted octanol–water partition coefficient (Wildman–Crippen LogP) is 3.70. The first-order valence-electron chi connectivity index (χ1n) is 5.51. The SMILES string of the molecule is CC1(C)C(C(NN)c2cscc2Br)C1(C)C. The largest absolute Gasteiger partial charge is 0.271 e. The molecule has 0 saturated heterocycles. The highest BCUT2D eigenvalue weighted by Crippen LogP contribution is 2.72. The Morgan fingerprint density at radius 2 is 1.88 bits per heavy atom. The molecule has 0 amide bonds. The first-order chi connectivity index (χ1) is 7.34. The Morgan fingerprint density at radius 1 is 1.31 bits per heavy atom. The number of nitrogens with two attached hydrogens (primary N) is 1. The van der Waals surface area contributed by atoms with Gasteiger partial charge >= 0.3 is 0 Å². The molecule has 3 N–H and O–H groups in total. The first-order valence-corrected chi connectivity index (χ1v) is 7.25. The van der Waals surface area contributed by atoms with Crippen molar-refractivity contribution in [3.8, 4) is 0 Å². The molecule has 1 aliphatic carbocycles. The highest BCUT2D eigenvalue weighted by atomic mass is 79.9. The number of rotatable bonds is 3. The van der Waals surface area contributed by atoms with Gasteiger partial charge in [-0.2, -0.15) is 11.3 Å². The molecule has 90 valence electrons. The van der Waals surface area contributed by atoms with E-state index in [9.17, 15) is 0 Å². The first kappa shape index (κ1) is 12.6. The maximum absolute atomic E-state index is 5.75. The van der Waals surface area contributed by atoms with Gasteiger partial charge in [-0.1, -0.05) is 27.7 Å². The standard InChI is InChI=1S/C12H19BrN2S/c1-11(2)10(12(11,3)4)9(15-14)7-5-16-6-8(7)13/h5-6,9-10,15H,14H2,1-4H3. The van der Waals surface area contributed by atoms with Gasteiger partial charge in [0.25, 0.3) is 0 Å². The molecule has 1 aromatic heterocycles. The van der Waals surface area contributed by atoms with E-state index in [-0.39, 0.29) is 6.04 Å². The van der Waals surface area contributed by atoms with E-state index in [0.29, 0.717) is 16.7 Å². The number of hydrogen-bond donors (Lipinski definition) is 2. The Balaban J connectivity index is 2.31. The van der Waals surface area contributed by atoms with Crippen molar-refractivity contribution in [2.24, 2.45) is 22.6 Å². The zero-order valence-corrected chi connectivity index (χ0v) is 12.6. The lowest BCUT2D eigenvalue weighted by atomic mass is 10.00. The fraction of sp³-hybridized carbons (Fsp3) is 0.667. The van der Waals surface area contributed by atoms with Crippen LogP contribution in [0.15, 0.2) is 15.2 Å². The molecule has 0 bridgehead atoms. The fourth-order valence-electron chi connectivity index (χ4n) is 2.96. The van der Waals surface area contributed by atoms with Crippen molar-refractivity contribution in [1.29, 1.82) is 0 Å². The van der Waals surface area contributed by atoms with Crippen molar-refractivity contribution in [3.05, 3.63) is 20.8 Å². The van der Waals surface area contributed by atoms with E-state index < -0.39 is 0 Å². The summed E-state index contributed by atoms with van der Waals surface area (Å²) in [6, 6.07) is 0.241. The molecular formula is C12H19BrN2S. The fourth-order valence-corrected chi connectivity index (χ4v) is 4.54. The number of nitrogens with one attached hydrogen (secondary N) is 1. The Labute approximate surface area is 110 Å². The number of hydrazine groups is 1. The Bertz CT molecular complexity index is 383. The predicted molar refractivity (Wildman–Crippen MR) is 73.1 cm³/mol. The van der Waals surface area contributed by atoms with Crippen LogP contribution < -0.4 is 11.3 Å². The van der Waals surface area contributed by atoms with E-state index in [2.05, 4.69) is 59.8 Å². The van der Waals surface area contributed by atoms with E-state index >= 15 is 0 Å². The van der Waals surface area contributed by atoms with Gasteiger partial charge in [0.05, 0.1) is 6.04 Å². The second-order valence-electron chi connectivity index (χ2n) is 5.74. The maximum Gasteiger partial charge on any atom is 0.0518 e. The number of hydrogen-bond acceptors (Lipinski definition) is 3. The second-order valence-corrected chi connectivity index (χ2v) is 7.34. The van der Waals surface area contributed by atoms with E-state index in [1.165, 1.54) is 10.0 Å². The van der Waals surface area contributed by atoms with Gasteiger partial charge in [0.15, 0.2) is 0 Å². The van der Waals surface area contributed by atoms with Crippen LogP contribution in [0.2, 0.25) is 0 Å². The van der Waals surface area contributed by atoms with Gasteiger partial charge in [-0.25, -0.2) is 0 Å². The lowest BCUT2D eigenvalue weighted by Crippen LogP contribution is -2.31. The van der Waals surface area contributed by atoms with Crippen molar-refractivity contribution in [1.82, 2.24) is 5.43 Å². The van der Waals surface area contributed by atoms with Crippen LogP contribution in [-0.2, 0) is 0 Å². The summed E-state index contributed by atoms with van der Waals surface area (Å²) in [6.07, 6.45) is 0.